The molecule has 0 radical (unpaired) electrons. The van der Waals surface area contributed by atoms with Gasteiger partial charge in [0.2, 0.25) is 0 Å². The van der Waals surface area contributed by atoms with Crippen molar-refractivity contribution in [2.45, 2.75) is 38.2 Å². The lowest BCUT2D eigenvalue weighted by Gasteiger charge is -2.39. The lowest BCUT2D eigenvalue weighted by molar-refractivity contribution is -0.140. The molecule has 24 heavy (non-hydrogen) atoms. The Morgan fingerprint density at radius 3 is 2.71 bits per heavy atom. The zero-order chi connectivity index (χ0) is 17.1. The van der Waals surface area contributed by atoms with Gasteiger partial charge in [-0.1, -0.05) is 0 Å². The fourth-order valence-corrected chi connectivity index (χ4v) is 4.11. The number of rotatable bonds is 3. The van der Waals surface area contributed by atoms with E-state index in [0.717, 1.165) is 41.5 Å². The van der Waals surface area contributed by atoms with Crippen molar-refractivity contribution in [3.63, 3.8) is 0 Å². The SMILES string of the molecule is CCNC(=NCc1nc(C(F)(F)F)cs1)N1CCSC(C)(C)C1.I. The van der Waals surface area contributed by atoms with E-state index in [9.17, 15) is 13.2 Å². The number of thioether (sulfide) groups is 1. The maximum Gasteiger partial charge on any atom is 0.434 e. The van der Waals surface area contributed by atoms with Crippen LogP contribution in [0.25, 0.3) is 0 Å². The molecule has 0 amide bonds. The number of hydrogen-bond acceptors (Lipinski definition) is 4. The summed E-state index contributed by atoms with van der Waals surface area (Å²) in [5.41, 5.74) is -0.840. The van der Waals surface area contributed by atoms with Crippen LogP contribution in [0, 0.1) is 0 Å². The van der Waals surface area contributed by atoms with E-state index in [1.54, 1.807) is 0 Å². The van der Waals surface area contributed by atoms with Crippen molar-refractivity contribution in [2.75, 3.05) is 25.4 Å². The van der Waals surface area contributed by atoms with Gasteiger partial charge < -0.3 is 10.2 Å². The molecule has 1 aliphatic rings. The molecule has 0 unspecified atom stereocenters. The number of aromatic nitrogens is 1. The largest absolute Gasteiger partial charge is 0.434 e. The standard InChI is InChI=1S/C14H21F3N4S2.HI/c1-4-18-12(21-5-6-23-13(2,3)9-21)19-7-11-20-10(8-22-11)14(15,16)17;/h8H,4-7,9H2,1-3H3,(H,18,19);1H. The van der Waals surface area contributed by atoms with Gasteiger partial charge in [0.1, 0.15) is 5.01 Å². The Morgan fingerprint density at radius 2 is 2.17 bits per heavy atom. The van der Waals surface area contributed by atoms with Gasteiger partial charge in [0.15, 0.2) is 11.7 Å². The van der Waals surface area contributed by atoms with Crippen LogP contribution in [0.3, 0.4) is 0 Å². The van der Waals surface area contributed by atoms with Crippen LogP contribution in [0.1, 0.15) is 31.5 Å². The first-order chi connectivity index (χ1) is 10.7. The highest BCUT2D eigenvalue weighted by Gasteiger charge is 2.33. The lowest BCUT2D eigenvalue weighted by atomic mass is 10.2. The number of nitrogens with one attached hydrogen (secondary N) is 1. The Hall–Kier alpha value is -0.230. The first-order valence-electron chi connectivity index (χ1n) is 7.40. The summed E-state index contributed by atoms with van der Waals surface area (Å²) in [4.78, 5) is 10.3. The third-order valence-corrected chi connectivity index (χ3v) is 5.40. The Kier molecular flexibility index (Phi) is 8.11. The number of halogens is 4. The highest BCUT2D eigenvalue weighted by atomic mass is 127. The van der Waals surface area contributed by atoms with Crippen LogP contribution in [-0.2, 0) is 12.7 Å². The Labute approximate surface area is 165 Å². The zero-order valence-electron chi connectivity index (χ0n) is 13.8. The Bertz CT molecular complexity index is 560. The van der Waals surface area contributed by atoms with E-state index in [4.69, 9.17) is 0 Å². The molecule has 138 valence electrons. The van der Waals surface area contributed by atoms with Crippen molar-refractivity contribution in [3.8, 4) is 0 Å². The highest BCUT2D eigenvalue weighted by molar-refractivity contribution is 14.0. The van der Waals surface area contributed by atoms with Crippen LogP contribution in [0.5, 0.6) is 0 Å². The van der Waals surface area contributed by atoms with E-state index < -0.39 is 11.9 Å². The number of alkyl halides is 3. The molecule has 1 aromatic rings. The zero-order valence-corrected chi connectivity index (χ0v) is 17.8. The molecule has 1 fully saturated rings. The van der Waals surface area contributed by atoms with Crippen LogP contribution in [-0.4, -0.2) is 46.0 Å². The number of hydrogen-bond donors (Lipinski definition) is 1. The van der Waals surface area contributed by atoms with Crippen molar-refractivity contribution in [1.29, 1.82) is 0 Å². The number of thiazole rings is 1. The minimum atomic E-state index is -4.39. The molecule has 2 rings (SSSR count). The first-order valence-corrected chi connectivity index (χ1v) is 9.26. The number of aliphatic imine (C=N–C) groups is 1. The lowest BCUT2D eigenvalue weighted by Crippen LogP contribution is -2.50. The molecule has 10 heteroatoms. The first kappa shape index (κ1) is 21.8. The van der Waals surface area contributed by atoms with Crippen LogP contribution in [0.15, 0.2) is 10.4 Å². The minimum Gasteiger partial charge on any atom is -0.357 e. The van der Waals surface area contributed by atoms with Crippen LogP contribution in [0.2, 0.25) is 0 Å². The van der Waals surface area contributed by atoms with Crippen LogP contribution < -0.4 is 5.32 Å². The summed E-state index contributed by atoms with van der Waals surface area (Å²) in [6.45, 7) is 8.96. The number of guanidine groups is 1. The summed E-state index contributed by atoms with van der Waals surface area (Å²) < 4.78 is 37.9. The van der Waals surface area contributed by atoms with Crippen molar-refractivity contribution < 1.29 is 13.2 Å². The number of nitrogens with zero attached hydrogens (tertiary/aromatic N) is 3. The quantitative estimate of drug-likeness (QED) is 0.391. The normalized spacial score (nSPS) is 18.2. The predicted octanol–water partition coefficient (Wildman–Crippen LogP) is 4.07. The van der Waals surface area contributed by atoms with Gasteiger partial charge in [-0.2, -0.15) is 24.9 Å². The van der Waals surface area contributed by atoms with Gasteiger partial charge in [-0.25, -0.2) is 9.98 Å². The van der Waals surface area contributed by atoms with Gasteiger partial charge >= 0.3 is 6.18 Å². The second-order valence-corrected chi connectivity index (χ2v) is 8.57. The van der Waals surface area contributed by atoms with Crippen LogP contribution in [0.4, 0.5) is 13.2 Å². The summed E-state index contributed by atoms with van der Waals surface area (Å²) in [5, 5.41) is 4.63. The average molecular weight is 494 g/mol. The van der Waals surface area contributed by atoms with Gasteiger partial charge in [-0.15, -0.1) is 35.3 Å². The maximum absolute atomic E-state index is 12.6. The van der Waals surface area contributed by atoms with Gasteiger partial charge in [0.05, 0.1) is 6.54 Å². The highest BCUT2D eigenvalue weighted by Crippen LogP contribution is 2.31. The summed E-state index contributed by atoms with van der Waals surface area (Å²) in [7, 11) is 0. The van der Waals surface area contributed by atoms with E-state index in [0.29, 0.717) is 11.6 Å². The fourth-order valence-electron chi connectivity index (χ4n) is 2.28. The summed E-state index contributed by atoms with van der Waals surface area (Å²) in [5.74, 6) is 1.75. The molecule has 1 N–H and O–H groups in total. The van der Waals surface area contributed by atoms with E-state index >= 15 is 0 Å². The molecular weight excluding hydrogens is 472 g/mol. The van der Waals surface area contributed by atoms with Gasteiger partial charge in [0, 0.05) is 35.5 Å². The molecule has 0 spiro atoms. The summed E-state index contributed by atoms with van der Waals surface area (Å²) >= 11 is 2.91. The van der Waals surface area contributed by atoms with Gasteiger partial charge in [0.25, 0.3) is 0 Å². The van der Waals surface area contributed by atoms with Crippen molar-refractivity contribution in [3.05, 3.63) is 16.1 Å². The second kappa shape index (κ2) is 8.93. The molecule has 4 nitrogen and oxygen atoms in total. The maximum atomic E-state index is 12.6. The van der Waals surface area contributed by atoms with Crippen molar-refractivity contribution in [2.24, 2.45) is 4.99 Å². The molecule has 1 aromatic heterocycles. The molecule has 0 aromatic carbocycles. The van der Waals surface area contributed by atoms with Crippen molar-refractivity contribution in [1.82, 2.24) is 15.2 Å². The molecule has 0 bridgehead atoms. The fraction of sp³-hybridized carbons (Fsp3) is 0.714. The van der Waals surface area contributed by atoms with E-state index in [1.807, 2.05) is 18.7 Å². The topological polar surface area (TPSA) is 40.5 Å². The van der Waals surface area contributed by atoms with Gasteiger partial charge in [-0.3, -0.25) is 0 Å². The minimum absolute atomic E-state index is 0. The molecule has 0 saturated carbocycles. The Morgan fingerprint density at radius 1 is 1.46 bits per heavy atom. The molecule has 0 aliphatic carbocycles. The third-order valence-electron chi connectivity index (χ3n) is 3.27. The molecule has 1 aliphatic heterocycles. The third kappa shape index (κ3) is 6.25. The van der Waals surface area contributed by atoms with Crippen LogP contribution >= 0.6 is 47.1 Å². The average Bonchev–Trinajstić information content (AvgIpc) is 2.91. The van der Waals surface area contributed by atoms with Gasteiger partial charge in [-0.05, 0) is 20.8 Å². The van der Waals surface area contributed by atoms with E-state index in [1.165, 1.54) is 0 Å². The van der Waals surface area contributed by atoms with E-state index in [2.05, 4.69) is 34.0 Å². The van der Waals surface area contributed by atoms with E-state index in [-0.39, 0.29) is 35.3 Å². The molecule has 2 heterocycles. The monoisotopic (exact) mass is 494 g/mol. The second-order valence-electron chi connectivity index (χ2n) is 5.82. The summed E-state index contributed by atoms with van der Waals surface area (Å²) in [6, 6.07) is 0. The predicted molar refractivity (Wildman–Crippen MR) is 105 cm³/mol. The molecular formula is C14H22F3IN4S2. The summed E-state index contributed by atoms with van der Waals surface area (Å²) in [6.07, 6.45) is -4.39. The van der Waals surface area contributed by atoms with Crippen molar-refractivity contribution >= 4 is 53.0 Å². The molecule has 1 saturated heterocycles. The smallest absolute Gasteiger partial charge is 0.357 e. The molecule has 0 atom stereocenters. The Balaban J connectivity index is 0.00000288.